The van der Waals surface area contributed by atoms with Crippen molar-refractivity contribution >= 4 is 6.09 Å². The van der Waals surface area contributed by atoms with E-state index in [1.54, 1.807) is 12.1 Å². The van der Waals surface area contributed by atoms with Crippen LogP contribution in [0.2, 0.25) is 0 Å². The summed E-state index contributed by atoms with van der Waals surface area (Å²) in [5.41, 5.74) is 0.0663. The normalized spacial score (nSPS) is 13.0. The summed E-state index contributed by atoms with van der Waals surface area (Å²) in [5, 5.41) is 25.3. The first-order valence-corrected chi connectivity index (χ1v) is 7.80. The number of phenols is 2. The summed E-state index contributed by atoms with van der Waals surface area (Å²) in [6.45, 7) is 10.4. The summed E-state index contributed by atoms with van der Waals surface area (Å²) in [7, 11) is 0. The first kappa shape index (κ1) is 19.1. The number of hydrogen-bond donors (Lipinski definition) is 4. The zero-order chi connectivity index (χ0) is 17.6. The molecule has 0 heterocycles. The van der Waals surface area contributed by atoms with Crippen LogP contribution in [0.1, 0.15) is 40.2 Å². The predicted octanol–water partition coefficient (Wildman–Crippen LogP) is 2.74. The number of aromatic hydroxyl groups is 2. The highest BCUT2D eigenvalue weighted by Crippen LogP contribution is 2.27. The standard InChI is InChI=1S/C17H28N2O4/c1-11(2)13(19-16(22)23-17(3,4)5)10-18-9-12-7-6-8-14(20)15(12)21/h6-8,11,13,18,20-21H,9-10H2,1-5H3,(H,19,22). The second kappa shape index (κ2) is 8.06. The maximum Gasteiger partial charge on any atom is 0.407 e. The number of ether oxygens (including phenoxy) is 1. The molecule has 1 unspecified atom stereocenters. The molecular formula is C17H28N2O4. The fraction of sp³-hybridized carbons (Fsp3) is 0.588. The van der Waals surface area contributed by atoms with Crippen LogP contribution in [-0.2, 0) is 11.3 Å². The van der Waals surface area contributed by atoms with Crippen molar-refractivity contribution in [3.8, 4) is 11.5 Å². The molecule has 0 saturated heterocycles. The molecule has 6 nitrogen and oxygen atoms in total. The Bertz CT molecular complexity index is 524. The van der Waals surface area contributed by atoms with E-state index in [4.69, 9.17) is 4.74 Å². The van der Waals surface area contributed by atoms with Crippen LogP contribution in [0.4, 0.5) is 4.79 Å². The van der Waals surface area contributed by atoms with Crippen LogP contribution in [0, 0.1) is 5.92 Å². The molecule has 1 atom stereocenters. The quantitative estimate of drug-likeness (QED) is 0.604. The number of carbonyl (C=O) groups excluding carboxylic acids is 1. The second-order valence-electron chi connectivity index (χ2n) is 6.91. The van der Waals surface area contributed by atoms with Gasteiger partial charge in [0.15, 0.2) is 11.5 Å². The average molecular weight is 324 g/mol. The van der Waals surface area contributed by atoms with Crippen LogP contribution in [0.25, 0.3) is 0 Å². The van der Waals surface area contributed by atoms with Crippen molar-refractivity contribution in [1.29, 1.82) is 0 Å². The Morgan fingerprint density at radius 3 is 2.48 bits per heavy atom. The van der Waals surface area contributed by atoms with Gasteiger partial charge in [0.2, 0.25) is 0 Å². The molecule has 1 aromatic carbocycles. The number of para-hydroxylation sites is 1. The van der Waals surface area contributed by atoms with Crippen molar-refractivity contribution in [2.45, 2.75) is 52.8 Å². The molecule has 0 spiro atoms. The maximum atomic E-state index is 11.9. The molecule has 0 radical (unpaired) electrons. The number of benzene rings is 1. The maximum absolute atomic E-state index is 11.9. The van der Waals surface area contributed by atoms with Gasteiger partial charge in [-0.3, -0.25) is 0 Å². The molecular weight excluding hydrogens is 296 g/mol. The van der Waals surface area contributed by atoms with E-state index >= 15 is 0 Å². The number of nitrogens with one attached hydrogen (secondary N) is 2. The van der Waals surface area contributed by atoms with E-state index in [-0.39, 0.29) is 23.5 Å². The molecule has 4 N–H and O–H groups in total. The lowest BCUT2D eigenvalue weighted by atomic mass is 10.0. The number of carbonyl (C=O) groups is 1. The average Bonchev–Trinajstić information content (AvgIpc) is 2.40. The summed E-state index contributed by atoms with van der Waals surface area (Å²) >= 11 is 0. The predicted molar refractivity (Wildman–Crippen MR) is 89.5 cm³/mol. The smallest absolute Gasteiger partial charge is 0.407 e. The zero-order valence-electron chi connectivity index (χ0n) is 14.5. The first-order valence-electron chi connectivity index (χ1n) is 7.80. The Kier molecular flexibility index (Phi) is 6.69. The molecule has 0 aromatic heterocycles. The summed E-state index contributed by atoms with van der Waals surface area (Å²) in [6, 6.07) is 4.72. The summed E-state index contributed by atoms with van der Waals surface area (Å²) in [4.78, 5) is 11.9. The van der Waals surface area contributed by atoms with Crippen LogP contribution in [0.15, 0.2) is 18.2 Å². The molecule has 6 heteroatoms. The molecule has 0 aliphatic carbocycles. The van der Waals surface area contributed by atoms with Crippen LogP contribution in [0.5, 0.6) is 11.5 Å². The summed E-state index contributed by atoms with van der Waals surface area (Å²) < 4.78 is 5.27. The fourth-order valence-corrected chi connectivity index (χ4v) is 2.00. The lowest BCUT2D eigenvalue weighted by molar-refractivity contribution is 0.0490. The van der Waals surface area contributed by atoms with Gasteiger partial charge in [0, 0.05) is 24.7 Å². The molecule has 0 fully saturated rings. The van der Waals surface area contributed by atoms with Gasteiger partial charge in [0.1, 0.15) is 5.60 Å². The summed E-state index contributed by atoms with van der Waals surface area (Å²) in [6.07, 6.45) is -0.446. The van der Waals surface area contributed by atoms with Gasteiger partial charge in [0.05, 0.1) is 0 Å². The molecule has 1 aromatic rings. The van der Waals surface area contributed by atoms with Crippen LogP contribution < -0.4 is 10.6 Å². The van der Waals surface area contributed by atoms with E-state index in [1.165, 1.54) is 6.07 Å². The van der Waals surface area contributed by atoms with Crippen molar-refractivity contribution in [2.24, 2.45) is 5.92 Å². The van der Waals surface area contributed by atoms with Gasteiger partial charge < -0.3 is 25.6 Å². The van der Waals surface area contributed by atoms with E-state index in [0.29, 0.717) is 18.7 Å². The van der Waals surface area contributed by atoms with E-state index in [0.717, 1.165) is 0 Å². The molecule has 130 valence electrons. The first-order chi connectivity index (χ1) is 10.6. The molecule has 0 aliphatic heterocycles. The third kappa shape index (κ3) is 6.78. The Morgan fingerprint density at radius 1 is 1.26 bits per heavy atom. The van der Waals surface area contributed by atoms with Gasteiger partial charge >= 0.3 is 6.09 Å². The van der Waals surface area contributed by atoms with Crippen LogP contribution in [0.3, 0.4) is 0 Å². The number of phenolic OH excluding ortho intramolecular Hbond substituents is 2. The Labute approximate surface area is 137 Å². The number of rotatable bonds is 6. The molecule has 23 heavy (non-hydrogen) atoms. The van der Waals surface area contributed by atoms with Gasteiger partial charge in [-0.05, 0) is 32.8 Å². The third-order valence-electron chi connectivity index (χ3n) is 3.28. The minimum atomic E-state index is -0.535. The van der Waals surface area contributed by atoms with Crippen molar-refractivity contribution in [1.82, 2.24) is 10.6 Å². The summed E-state index contributed by atoms with van der Waals surface area (Å²) in [5.74, 6) is -0.0504. The zero-order valence-corrected chi connectivity index (χ0v) is 14.5. The van der Waals surface area contributed by atoms with E-state index in [1.807, 2.05) is 34.6 Å². The van der Waals surface area contributed by atoms with E-state index in [2.05, 4.69) is 10.6 Å². The van der Waals surface area contributed by atoms with E-state index < -0.39 is 11.7 Å². The number of alkyl carbamates (subject to hydrolysis) is 1. The molecule has 0 bridgehead atoms. The van der Waals surface area contributed by atoms with E-state index in [9.17, 15) is 15.0 Å². The second-order valence-corrected chi connectivity index (χ2v) is 6.91. The monoisotopic (exact) mass is 324 g/mol. The topological polar surface area (TPSA) is 90.8 Å². The van der Waals surface area contributed by atoms with Gasteiger partial charge in [0.25, 0.3) is 0 Å². The highest BCUT2D eigenvalue weighted by molar-refractivity contribution is 5.68. The minimum Gasteiger partial charge on any atom is -0.504 e. The number of hydrogen-bond acceptors (Lipinski definition) is 5. The Hall–Kier alpha value is -1.95. The lowest BCUT2D eigenvalue weighted by Gasteiger charge is -2.26. The SMILES string of the molecule is CC(C)C(CNCc1cccc(O)c1O)NC(=O)OC(C)(C)C. The highest BCUT2D eigenvalue weighted by atomic mass is 16.6. The van der Waals surface area contributed by atoms with Gasteiger partial charge in [-0.25, -0.2) is 4.79 Å². The van der Waals surface area contributed by atoms with Crippen LogP contribution >= 0.6 is 0 Å². The van der Waals surface area contributed by atoms with Crippen molar-refractivity contribution in [3.63, 3.8) is 0 Å². The largest absolute Gasteiger partial charge is 0.504 e. The third-order valence-corrected chi connectivity index (χ3v) is 3.28. The molecule has 0 saturated carbocycles. The van der Waals surface area contributed by atoms with Gasteiger partial charge in [-0.1, -0.05) is 26.0 Å². The van der Waals surface area contributed by atoms with Gasteiger partial charge in [-0.15, -0.1) is 0 Å². The van der Waals surface area contributed by atoms with Crippen LogP contribution in [-0.4, -0.2) is 34.5 Å². The Balaban J connectivity index is 2.54. The minimum absolute atomic E-state index is 0.107. The van der Waals surface area contributed by atoms with Crippen molar-refractivity contribution < 1.29 is 19.7 Å². The van der Waals surface area contributed by atoms with Crippen molar-refractivity contribution in [2.75, 3.05) is 6.54 Å². The fourth-order valence-electron chi connectivity index (χ4n) is 2.00. The number of amides is 1. The highest BCUT2D eigenvalue weighted by Gasteiger charge is 2.21. The molecule has 1 amide bonds. The molecule has 1 rings (SSSR count). The lowest BCUT2D eigenvalue weighted by Crippen LogP contribution is -2.46. The van der Waals surface area contributed by atoms with Crippen molar-refractivity contribution in [3.05, 3.63) is 23.8 Å². The Morgan fingerprint density at radius 2 is 1.91 bits per heavy atom. The van der Waals surface area contributed by atoms with Gasteiger partial charge in [-0.2, -0.15) is 0 Å². The molecule has 0 aliphatic rings.